The van der Waals surface area contributed by atoms with E-state index in [4.69, 9.17) is 23.2 Å². The van der Waals surface area contributed by atoms with Crippen LogP contribution in [0.25, 0.3) is 11.0 Å². The normalized spacial score (nSPS) is 11.8. The molecule has 1 amide bonds. The number of nitrogens with zero attached hydrogens (tertiary/aromatic N) is 2. The first-order chi connectivity index (χ1) is 9.40. The first kappa shape index (κ1) is 15.1. The summed E-state index contributed by atoms with van der Waals surface area (Å²) in [7, 11) is 1.63. The number of aromatic nitrogens is 2. The Morgan fingerprint density at radius 2 is 2.15 bits per heavy atom. The van der Waals surface area contributed by atoms with Crippen molar-refractivity contribution >= 4 is 40.1 Å². The molecule has 0 atom stereocenters. The van der Waals surface area contributed by atoms with Gasteiger partial charge >= 0.3 is 0 Å². The van der Waals surface area contributed by atoms with Crippen molar-refractivity contribution in [3.05, 3.63) is 29.0 Å². The minimum Gasteiger partial charge on any atom is -0.359 e. The van der Waals surface area contributed by atoms with Gasteiger partial charge in [-0.3, -0.25) is 4.79 Å². The lowest BCUT2D eigenvalue weighted by atomic mass is 9.92. The number of amides is 1. The molecule has 1 heterocycles. The number of benzene rings is 1. The van der Waals surface area contributed by atoms with E-state index in [1.54, 1.807) is 13.1 Å². The number of carbonyl (C=O) groups is 1. The van der Waals surface area contributed by atoms with Crippen LogP contribution in [-0.4, -0.2) is 22.5 Å². The van der Waals surface area contributed by atoms with Crippen molar-refractivity contribution in [1.82, 2.24) is 14.9 Å². The second-order valence-electron chi connectivity index (χ2n) is 5.32. The molecule has 1 N–H and O–H groups in total. The molecule has 0 bridgehead atoms. The summed E-state index contributed by atoms with van der Waals surface area (Å²) in [6.45, 7) is 4.27. The molecule has 0 unspecified atom stereocenters. The first-order valence-electron chi connectivity index (χ1n) is 6.32. The van der Waals surface area contributed by atoms with Crippen molar-refractivity contribution < 1.29 is 4.79 Å². The Labute approximate surface area is 128 Å². The summed E-state index contributed by atoms with van der Waals surface area (Å²) in [5.74, 6) is 0.961. The average Bonchev–Trinajstić information content (AvgIpc) is 2.77. The van der Waals surface area contributed by atoms with Crippen LogP contribution in [0.4, 0.5) is 0 Å². The van der Waals surface area contributed by atoms with E-state index in [0.717, 1.165) is 11.0 Å². The first-order valence-corrected chi connectivity index (χ1v) is 7.23. The van der Waals surface area contributed by atoms with E-state index in [1.807, 2.05) is 30.5 Å². The van der Waals surface area contributed by atoms with E-state index >= 15 is 0 Å². The van der Waals surface area contributed by atoms with Crippen LogP contribution in [0.1, 0.15) is 19.7 Å². The number of imidazole rings is 1. The minimum atomic E-state index is -0.564. The van der Waals surface area contributed by atoms with Gasteiger partial charge < -0.3 is 9.88 Å². The van der Waals surface area contributed by atoms with Gasteiger partial charge in [0.15, 0.2) is 0 Å². The number of hydrogen-bond acceptors (Lipinski definition) is 2. The Kier molecular flexibility index (Phi) is 4.25. The highest BCUT2D eigenvalue weighted by Crippen LogP contribution is 2.28. The van der Waals surface area contributed by atoms with Gasteiger partial charge in [-0.1, -0.05) is 17.7 Å². The van der Waals surface area contributed by atoms with Crippen LogP contribution in [0.5, 0.6) is 0 Å². The molecule has 20 heavy (non-hydrogen) atoms. The van der Waals surface area contributed by atoms with E-state index in [-0.39, 0.29) is 11.8 Å². The third-order valence-corrected chi connectivity index (χ3v) is 3.87. The number of carbonyl (C=O) groups excluding carboxylic acids is 1. The van der Waals surface area contributed by atoms with Gasteiger partial charge in [0.25, 0.3) is 0 Å². The Morgan fingerprint density at radius 1 is 1.45 bits per heavy atom. The van der Waals surface area contributed by atoms with E-state index in [1.165, 1.54) is 0 Å². The largest absolute Gasteiger partial charge is 0.359 e. The zero-order valence-electron chi connectivity index (χ0n) is 11.7. The van der Waals surface area contributed by atoms with Gasteiger partial charge in [0.05, 0.1) is 21.8 Å². The fourth-order valence-electron chi connectivity index (χ4n) is 2.24. The predicted octanol–water partition coefficient (Wildman–Crippen LogP) is 3.20. The van der Waals surface area contributed by atoms with Crippen LogP contribution in [0.3, 0.4) is 0 Å². The molecule has 6 heteroatoms. The number of nitrogens with one attached hydrogen (secondary N) is 1. The summed E-state index contributed by atoms with van der Waals surface area (Å²) in [6, 6.07) is 5.60. The van der Waals surface area contributed by atoms with Crippen LogP contribution in [0.2, 0.25) is 5.02 Å². The van der Waals surface area contributed by atoms with E-state index in [9.17, 15) is 4.79 Å². The van der Waals surface area contributed by atoms with Gasteiger partial charge in [0.1, 0.15) is 11.3 Å². The van der Waals surface area contributed by atoms with Gasteiger partial charge in [-0.15, -0.1) is 11.6 Å². The van der Waals surface area contributed by atoms with E-state index in [0.29, 0.717) is 17.4 Å². The van der Waals surface area contributed by atoms with Crippen LogP contribution in [0, 0.1) is 5.41 Å². The van der Waals surface area contributed by atoms with Crippen molar-refractivity contribution in [3.63, 3.8) is 0 Å². The number of halogens is 2. The molecule has 0 aliphatic rings. The van der Waals surface area contributed by atoms with Crippen molar-refractivity contribution in [3.8, 4) is 0 Å². The molecule has 1 aromatic carbocycles. The van der Waals surface area contributed by atoms with Crippen molar-refractivity contribution in [2.75, 3.05) is 7.05 Å². The summed E-state index contributed by atoms with van der Waals surface area (Å²) in [5, 5.41) is 3.27. The lowest BCUT2D eigenvalue weighted by Gasteiger charge is -2.24. The summed E-state index contributed by atoms with van der Waals surface area (Å²) >= 11 is 12.1. The molecule has 0 saturated carbocycles. The Morgan fingerprint density at radius 3 is 2.75 bits per heavy atom. The molecule has 0 fully saturated rings. The second-order valence-corrected chi connectivity index (χ2v) is 5.99. The number of hydrogen-bond donors (Lipinski definition) is 1. The number of fused-ring (bicyclic) bond motifs is 1. The standard InChI is InChI=1S/C14H17Cl2N3O/c1-14(2,13(20)17-3)8-19-10-6-4-5-9(16)12(10)18-11(19)7-15/h4-6H,7-8H2,1-3H3,(H,17,20). The maximum Gasteiger partial charge on any atom is 0.227 e. The minimum absolute atomic E-state index is 0.0260. The molecule has 2 rings (SSSR count). The number of rotatable bonds is 4. The van der Waals surface area contributed by atoms with Gasteiger partial charge in [0, 0.05) is 13.6 Å². The second kappa shape index (κ2) is 5.62. The van der Waals surface area contributed by atoms with Crippen LogP contribution in [0.15, 0.2) is 18.2 Å². The molecule has 2 aromatic rings. The zero-order chi connectivity index (χ0) is 14.9. The SMILES string of the molecule is CNC(=O)C(C)(C)Cn1c(CCl)nc2c(Cl)cccc21. The Balaban J connectivity index is 2.53. The summed E-state index contributed by atoms with van der Waals surface area (Å²) in [5.41, 5.74) is 1.05. The monoisotopic (exact) mass is 313 g/mol. The topological polar surface area (TPSA) is 46.9 Å². The molecular weight excluding hydrogens is 297 g/mol. The van der Waals surface area contributed by atoms with Gasteiger partial charge in [-0.05, 0) is 26.0 Å². The highest BCUT2D eigenvalue weighted by atomic mass is 35.5. The summed E-state index contributed by atoms with van der Waals surface area (Å²) in [4.78, 5) is 16.4. The summed E-state index contributed by atoms with van der Waals surface area (Å²) < 4.78 is 1.96. The molecule has 4 nitrogen and oxygen atoms in total. The molecule has 108 valence electrons. The fourth-order valence-corrected chi connectivity index (χ4v) is 2.66. The van der Waals surface area contributed by atoms with Crippen molar-refractivity contribution in [2.24, 2.45) is 5.41 Å². The maximum absolute atomic E-state index is 12.0. The predicted molar refractivity (Wildman–Crippen MR) is 82.1 cm³/mol. The van der Waals surface area contributed by atoms with E-state index < -0.39 is 5.41 Å². The lowest BCUT2D eigenvalue weighted by Crippen LogP contribution is -2.38. The Hall–Kier alpha value is -1.26. The van der Waals surface area contributed by atoms with Crippen molar-refractivity contribution in [2.45, 2.75) is 26.3 Å². The molecule has 0 radical (unpaired) electrons. The summed E-state index contributed by atoms with van der Waals surface area (Å²) in [6.07, 6.45) is 0. The third kappa shape index (κ3) is 2.63. The van der Waals surface area contributed by atoms with Crippen LogP contribution in [-0.2, 0) is 17.2 Å². The molecule has 1 aromatic heterocycles. The lowest BCUT2D eigenvalue weighted by molar-refractivity contribution is -0.129. The van der Waals surface area contributed by atoms with Gasteiger partial charge in [-0.2, -0.15) is 0 Å². The zero-order valence-corrected chi connectivity index (χ0v) is 13.2. The fraction of sp³-hybridized carbons (Fsp3) is 0.429. The smallest absolute Gasteiger partial charge is 0.227 e. The van der Waals surface area contributed by atoms with Gasteiger partial charge in [0.2, 0.25) is 5.91 Å². The maximum atomic E-state index is 12.0. The Bertz CT molecular complexity index is 649. The molecule has 0 spiro atoms. The third-order valence-electron chi connectivity index (χ3n) is 3.32. The molecular formula is C14H17Cl2N3O. The molecule has 0 aliphatic carbocycles. The van der Waals surface area contributed by atoms with Crippen LogP contribution >= 0.6 is 23.2 Å². The van der Waals surface area contributed by atoms with E-state index in [2.05, 4.69) is 10.3 Å². The van der Waals surface area contributed by atoms with Crippen LogP contribution < -0.4 is 5.32 Å². The highest BCUT2D eigenvalue weighted by Gasteiger charge is 2.29. The average molecular weight is 314 g/mol. The number of para-hydroxylation sites is 1. The molecule has 0 saturated heterocycles. The number of alkyl halides is 1. The highest BCUT2D eigenvalue weighted by molar-refractivity contribution is 6.35. The molecule has 0 aliphatic heterocycles. The van der Waals surface area contributed by atoms with Gasteiger partial charge in [-0.25, -0.2) is 4.98 Å². The quantitative estimate of drug-likeness (QED) is 0.881. The van der Waals surface area contributed by atoms with Crippen molar-refractivity contribution in [1.29, 1.82) is 0 Å².